The number of carbonyl (C=O) groups is 1. The van der Waals surface area contributed by atoms with Gasteiger partial charge in [0.15, 0.2) is 0 Å². The van der Waals surface area contributed by atoms with Crippen LogP contribution >= 0.6 is 0 Å². The van der Waals surface area contributed by atoms with Crippen LogP contribution in [0.3, 0.4) is 0 Å². The Labute approximate surface area is 151 Å². The van der Waals surface area contributed by atoms with Gasteiger partial charge in [-0.1, -0.05) is 38.5 Å². The maximum absolute atomic E-state index is 12.3. The lowest BCUT2D eigenvalue weighted by Crippen LogP contribution is -2.42. The smallest absolute Gasteiger partial charge is 0.226 e. The first kappa shape index (κ1) is 18.0. The second kappa shape index (κ2) is 8.03. The molecule has 1 aliphatic heterocycles. The van der Waals surface area contributed by atoms with E-state index in [2.05, 4.69) is 25.2 Å². The summed E-state index contributed by atoms with van der Waals surface area (Å²) in [6, 6.07) is 8.13. The molecule has 1 saturated carbocycles. The molecule has 2 aliphatic rings. The van der Waals surface area contributed by atoms with Crippen molar-refractivity contribution in [2.24, 2.45) is 17.8 Å². The Kier molecular flexibility index (Phi) is 5.77. The van der Waals surface area contributed by atoms with Crippen molar-refractivity contribution in [1.29, 1.82) is 5.41 Å². The standard InChI is InChI=1S/C21H31N3O/c1-3-16-12-15(2)13-17(14-16)8-9-20(25)23-21(22)24-11-10-18-6-4-5-7-19(18)24/h4-7,15-17H,3,8-14H2,1-2H3,(H2,22,23,25). The Hall–Kier alpha value is -1.84. The van der Waals surface area contributed by atoms with E-state index in [9.17, 15) is 4.79 Å². The number of rotatable bonds is 4. The van der Waals surface area contributed by atoms with Crippen LogP contribution in [0, 0.1) is 23.2 Å². The van der Waals surface area contributed by atoms with Crippen LogP contribution in [0.2, 0.25) is 0 Å². The molecular weight excluding hydrogens is 310 g/mol. The minimum atomic E-state index is -0.0133. The highest BCUT2D eigenvalue weighted by molar-refractivity contribution is 6.04. The zero-order valence-corrected chi connectivity index (χ0v) is 15.6. The van der Waals surface area contributed by atoms with Crippen molar-refractivity contribution in [1.82, 2.24) is 5.32 Å². The third-order valence-electron chi connectivity index (χ3n) is 5.91. The fourth-order valence-corrected chi connectivity index (χ4v) is 4.63. The van der Waals surface area contributed by atoms with E-state index < -0.39 is 0 Å². The van der Waals surface area contributed by atoms with Crippen LogP contribution < -0.4 is 10.2 Å². The van der Waals surface area contributed by atoms with Crippen LogP contribution in [0.1, 0.15) is 57.9 Å². The molecule has 1 heterocycles. The van der Waals surface area contributed by atoms with Crippen LogP contribution in [-0.4, -0.2) is 18.4 Å². The molecule has 1 aromatic carbocycles. The van der Waals surface area contributed by atoms with E-state index in [4.69, 9.17) is 5.41 Å². The summed E-state index contributed by atoms with van der Waals surface area (Å²) in [7, 11) is 0. The number of fused-ring (bicyclic) bond motifs is 1. The van der Waals surface area contributed by atoms with Crippen LogP contribution in [0.15, 0.2) is 24.3 Å². The van der Waals surface area contributed by atoms with Crippen LogP contribution in [0.4, 0.5) is 5.69 Å². The van der Waals surface area contributed by atoms with Gasteiger partial charge >= 0.3 is 0 Å². The second-order valence-corrected chi connectivity index (χ2v) is 7.92. The van der Waals surface area contributed by atoms with E-state index >= 15 is 0 Å². The molecule has 2 N–H and O–H groups in total. The molecule has 0 bridgehead atoms. The third kappa shape index (κ3) is 4.42. The van der Waals surface area contributed by atoms with Gasteiger partial charge in [0.25, 0.3) is 0 Å². The molecule has 25 heavy (non-hydrogen) atoms. The number of nitrogens with one attached hydrogen (secondary N) is 2. The van der Waals surface area contributed by atoms with Crippen LogP contribution in [0.25, 0.3) is 0 Å². The van der Waals surface area contributed by atoms with Crippen molar-refractivity contribution in [3.05, 3.63) is 29.8 Å². The highest BCUT2D eigenvalue weighted by atomic mass is 16.1. The van der Waals surface area contributed by atoms with Gasteiger partial charge in [-0.2, -0.15) is 0 Å². The molecule has 1 aliphatic carbocycles. The maximum atomic E-state index is 12.3. The number of nitrogens with zero attached hydrogens (tertiary/aromatic N) is 1. The van der Waals surface area contributed by atoms with Gasteiger partial charge in [-0.25, -0.2) is 0 Å². The van der Waals surface area contributed by atoms with Gasteiger partial charge in [0.1, 0.15) is 0 Å². The highest BCUT2D eigenvalue weighted by Crippen LogP contribution is 2.37. The zero-order valence-electron chi connectivity index (χ0n) is 15.6. The van der Waals surface area contributed by atoms with Gasteiger partial charge in [0.05, 0.1) is 0 Å². The molecule has 3 atom stereocenters. The first-order valence-electron chi connectivity index (χ1n) is 9.80. The molecule has 1 aromatic rings. The van der Waals surface area contributed by atoms with Gasteiger partial charge < -0.3 is 4.90 Å². The Morgan fingerprint density at radius 2 is 2.00 bits per heavy atom. The van der Waals surface area contributed by atoms with E-state index in [1.165, 1.54) is 31.2 Å². The number of para-hydroxylation sites is 1. The Bertz CT molecular complexity index is 627. The summed E-state index contributed by atoms with van der Waals surface area (Å²) < 4.78 is 0. The number of hydrogen-bond acceptors (Lipinski definition) is 2. The monoisotopic (exact) mass is 341 g/mol. The van der Waals surface area contributed by atoms with E-state index in [-0.39, 0.29) is 11.9 Å². The fraction of sp³-hybridized carbons (Fsp3) is 0.619. The number of guanidine groups is 1. The van der Waals surface area contributed by atoms with Crippen molar-refractivity contribution >= 4 is 17.6 Å². The predicted octanol–water partition coefficient (Wildman–Crippen LogP) is 4.34. The molecule has 1 fully saturated rings. The number of anilines is 1. The SMILES string of the molecule is CCC1CC(C)CC(CCC(=O)NC(=N)N2CCc3ccccc32)C1. The molecule has 0 aromatic heterocycles. The lowest BCUT2D eigenvalue weighted by molar-refractivity contribution is -0.120. The Morgan fingerprint density at radius 1 is 1.24 bits per heavy atom. The summed E-state index contributed by atoms with van der Waals surface area (Å²) in [6.45, 7) is 5.40. The molecule has 3 unspecified atom stereocenters. The molecule has 0 saturated heterocycles. The average Bonchev–Trinajstić information content (AvgIpc) is 3.03. The normalized spacial score (nSPS) is 25.5. The van der Waals surface area contributed by atoms with Gasteiger partial charge in [0, 0.05) is 18.7 Å². The molecule has 4 heteroatoms. The first-order chi connectivity index (χ1) is 12.1. The maximum Gasteiger partial charge on any atom is 0.226 e. The summed E-state index contributed by atoms with van der Waals surface area (Å²) >= 11 is 0. The summed E-state index contributed by atoms with van der Waals surface area (Å²) in [5, 5.41) is 11.1. The van der Waals surface area contributed by atoms with Gasteiger partial charge in [-0.05, 0) is 61.5 Å². The average molecular weight is 341 g/mol. The molecular formula is C21H31N3O. The lowest BCUT2D eigenvalue weighted by atomic mass is 9.73. The molecule has 0 radical (unpaired) electrons. The lowest BCUT2D eigenvalue weighted by Gasteiger charge is -2.33. The zero-order chi connectivity index (χ0) is 17.8. The van der Waals surface area contributed by atoms with Crippen LogP contribution in [-0.2, 0) is 11.2 Å². The predicted molar refractivity (Wildman–Crippen MR) is 103 cm³/mol. The third-order valence-corrected chi connectivity index (χ3v) is 5.91. The molecule has 136 valence electrons. The highest BCUT2D eigenvalue weighted by Gasteiger charge is 2.26. The van der Waals surface area contributed by atoms with Crippen molar-refractivity contribution in [3.8, 4) is 0 Å². The first-order valence-corrected chi connectivity index (χ1v) is 9.80. The largest absolute Gasteiger partial charge is 0.312 e. The van der Waals surface area contributed by atoms with Crippen molar-refractivity contribution < 1.29 is 4.79 Å². The fourth-order valence-electron chi connectivity index (χ4n) is 4.63. The summed E-state index contributed by atoms with van der Waals surface area (Å²) in [6.07, 6.45) is 7.55. The number of hydrogen-bond donors (Lipinski definition) is 2. The van der Waals surface area contributed by atoms with E-state index in [1.807, 2.05) is 23.1 Å². The minimum absolute atomic E-state index is 0.0133. The quantitative estimate of drug-likeness (QED) is 0.632. The van der Waals surface area contributed by atoms with Crippen molar-refractivity contribution in [3.63, 3.8) is 0 Å². The molecule has 3 rings (SSSR count). The van der Waals surface area contributed by atoms with Gasteiger partial charge in [-0.15, -0.1) is 0 Å². The van der Waals surface area contributed by atoms with Crippen molar-refractivity contribution in [2.45, 2.75) is 58.8 Å². The Morgan fingerprint density at radius 3 is 2.80 bits per heavy atom. The van der Waals surface area contributed by atoms with Crippen LogP contribution in [0.5, 0.6) is 0 Å². The Balaban J connectivity index is 1.47. The minimum Gasteiger partial charge on any atom is -0.312 e. The van der Waals surface area contributed by atoms with E-state index in [1.54, 1.807) is 0 Å². The van der Waals surface area contributed by atoms with Gasteiger partial charge in [0.2, 0.25) is 11.9 Å². The number of benzene rings is 1. The van der Waals surface area contributed by atoms with Gasteiger partial charge in [-0.3, -0.25) is 15.5 Å². The molecule has 4 nitrogen and oxygen atoms in total. The van der Waals surface area contributed by atoms with E-state index in [0.717, 1.165) is 36.9 Å². The van der Waals surface area contributed by atoms with Crippen molar-refractivity contribution in [2.75, 3.05) is 11.4 Å². The summed E-state index contributed by atoms with van der Waals surface area (Å²) in [5.74, 6) is 2.49. The summed E-state index contributed by atoms with van der Waals surface area (Å²) in [5.41, 5.74) is 2.31. The number of carbonyl (C=O) groups excluding carboxylic acids is 1. The topological polar surface area (TPSA) is 56.2 Å². The molecule has 1 amide bonds. The summed E-state index contributed by atoms with van der Waals surface area (Å²) in [4.78, 5) is 14.2. The van der Waals surface area contributed by atoms with E-state index in [0.29, 0.717) is 12.3 Å². The second-order valence-electron chi connectivity index (χ2n) is 7.92. The number of amides is 1. The molecule has 0 spiro atoms.